The van der Waals surface area contributed by atoms with Gasteiger partial charge in [-0.15, -0.1) is 11.3 Å². The Balaban J connectivity index is 2.37. The van der Waals surface area contributed by atoms with Crippen LogP contribution in [-0.2, 0) is 0 Å². The molecular weight excluding hydrogens is 274 g/mol. The fourth-order valence-electron chi connectivity index (χ4n) is 1.16. The number of nitrogens with zero attached hydrogens (tertiary/aromatic N) is 2. The van der Waals surface area contributed by atoms with Gasteiger partial charge in [-0.3, -0.25) is 4.98 Å². The van der Waals surface area contributed by atoms with Crippen LogP contribution in [0.15, 0.2) is 29.1 Å². The van der Waals surface area contributed by atoms with Crippen LogP contribution in [0.25, 0.3) is 10.6 Å². The molecule has 0 aliphatic carbocycles. The van der Waals surface area contributed by atoms with Crippen molar-refractivity contribution in [3.8, 4) is 10.6 Å². The van der Waals surface area contributed by atoms with Crippen molar-refractivity contribution < 1.29 is 0 Å². The highest BCUT2D eigenvalue weighted by Crippen LogP contribution is 2.28. The molecule has 0 fully saturated rings. The molecule has 0 radical (unpaired) electrons. The zero-order chi connectivity index (χ0) is 10.8. The van der Waals surface area contributed by atoms with Crippen LogP contribution in [0.3, 0.4) is 0 Å². The van der Waals surface area contributed by atoms with Gasteiger partial charge in [-0.25, -0.2) is 4.98 Å². The maximum Gasteiger partial charge on any atom is 0.125 e. The van der Waals surface area contributed by atoms with Crippen LogP contribution < -0.4 is 5.73 Å². The van der Waals surface area contributed by atoms with Gasteiger partial charge in [-0.05, 0) is 28.9 Å². The van der Waals surface area contributed by atoms with E-state index >= 15 is 0 Å². The molecule has 0 amide bonds. The first kappa shape index (κ1) is 10.7. The van der Waals surface area contributed by atoms with E-state index in [9.17, 15) is 0 Å². The molecule has 0 aliphatic heterocycles. The Morgan fingerprint density at radius 2 is 2.20 bits per heavy atom. The third-order valence-electron chi connectivity index (χ3n) is 1.92. The number of hydrogen-bond donors (Lipinski definition) is 1. The van der Waals surface area contributed by atoms with Crippen molar-refractivity contribution in [3.63, 3.8) is 0 Å². The molecule has 0 aliphatic rings. The Labute approximate surface area is 101 Å². The molecule has 2 N–H and O–H groups in total. The van der Waals surface area contributed by atoms with Crippen LogP contribution in [0, 0.1) is 0 Å². The first-order valence-electron chi connectivity index (χ1n) is 4.49. The van der Waals surface area contributed by atoms with Crippen LogP contribution >= 0.6 is 27.3 Å². The minimum absolute atomic E-state index is 0.0383. The quantitative estimate of drug-likeness (QED) is 0.922. The Hall–Kier alpha value is -0.780. The normalized spacial score (nSPS) is 12.7. The Morgan fingerprint density at radius 1 is 1.40 bits per heavy atom. The zero-order valence-electron chi connectivity index (χ0n) is 8.14. The number of nitrogens with two attached hydrogens (primary N) is 1. The lowest BCUT2D eigenvalue weighted by atomic mass is 10.3. The lowest BCUT2D eigenvalue weighted by Crippen LogP contribution is -2.01. The van der Waals surface area contributed by atoms with Crippen molar-refractivity contribution in [2.24, 2.45) is 5.73 Å². The van der Waals surface area contributed by atoms with Crippen molar-refractivity contribution in [1.82, 2.24) is 9.97 Å². The summed E-state index contributed by atoms with van der Waals surface area (Å²) in [6, 6.07) is 2.04. The van der Waals surface area contributed by atoms with E-state index in [1.54, 1.807) is 23.7 Å². The number of pyridine rings is 1. The molecule has 1 atom stereocenters. The van der Waals surface area contributed by atoms with Crippen LogP contribution in [0.1, 0.15) is 17.8 Å². The largest absolute Gasteiger partial charge is 0.323 e. The average Bonchev–Trinajstić information content (AvgIpc) is 2.66. The smallest absolute Gasteiger partial charge is 0.125 e. The van der Waals surface area contributed by atoms with Crippen LogP contribution in [0.4, 0.5) is 0 Å². The summed E-state index contributed by atoms with van der Waals surface area (Å²) in [6.45, 7) is 1.95. The standard InChI is InChI=1S/C10H10BrN3S/c1-6(12)9-5-14-10(15-9)7-2-8(11)4-13-3-7/h2-6H,12H2,1H3. The van der Waals surface area contributed by atoms with Gasteiger partial charge >= 0.3 is 0 Å². The highest BCUT2D eigenvalue weighted by atomic mass is 79.9. The molecule has 2 aromatic heterocycles. The van der Waals surface area contributed by atoms with Gasteiger partial charge in [-0.1, -0.05) is 0 Å². The van der Waals surface area contributed by atoms with Crippen LogP contribution in [0.2, 0.25) is 0 Å². The lowest BCUT2D eigenvalue weighted by molar-refractivity contribution is 0.835. The van der Waals surface area contributed by atoms with Crippen LogP contribution in [0.5, 0.6) is 0 Å². The zero-order valence-corrected chi connectivity index (χ0v) is 10.5. The number of rotatable bonds is 2. The number of aromatic nitrogens is 2. The summed E-state index contributed by atoms with van der Waals surface area (Å²) in [5, 5.41) is 0.955. The first-order valence-corrected chi connectivity index (χ1v) is 6.10. The highest BCUT2D eigenvalue weighted by molar-refractivity contribution is 9.10. The fourth-order valence-corrected chi connectivity index (χ4v) is 2.37. The van der Waals surface area contributed by atoms with Gasteiger partial charge in [0, 0.05) is 39.5 Å². The molecule has 2 aromatic rings. The van der Waals surface area contributed by atoms with E-state index in [0.717, 1.165) is 19.9 Å². The van der Waals surface area contributed by atoms with E-state index in [2.05, 4.69) is 25.9 Å². The summed E-state index contributed by atoms with van der Waals surface area (Å²) < 4.78 is 0.956. The van der Waals surface area contributed by atoms with E-state index in [4.69, 9.17) is 5.73 Å². The Kier molecular flexibility index (Phi) is 3.14. The van der Waals surface area contributed by atoms with E-state index < -0.39 is 0 Å². The third kappa shape index (κ3) is 2.42. The highest BCUT2D eigenvalue weighted by Gasteiger charge is 2.07. The van der Waals surface area contributed by atoms with Crippen LogP contribution in [-0.4, -0.2) is 9.97 Å². The molecule has 1 unspecified atom stereocenters. The average molecular weight is 284 g/mol. The van der Waals surface area contributed by atoms with E-state index in [1.807, 2.05) is 19.2 Å². The third-order valence-corrected chi connectivity index (χ3v) is 3.61. The summed E-state index contributed by atoms with van der Waals surface area (Å²) in [4.78, 5) is 9.52. The molecule has 0 saturated heterocycles. The van der Waals surface area contributed by atoms with Gasteiger partial charge in [0.15, 0.2) is 0 Å². The predicted molar refractivity (Wildman–Crippen MR) is 65.6 cm³/mol. The Morgan fingerprint density at radius 3 is 2.80 bits per heavy atom. The summed E-state index contributed by atoms with van der Waals surface area (Å²) in [5.41, 5.74) is 6.80. The lowest BCUT2D eigenvalue weighted by Gasteiger charge is -1.98. The molecule has 15 heavy (non-hydrogen) atoms. The second kappa shape index (κ2) is 4.38. The summed E-state index contributed by atoms with van der Waals surface area (Å²) >= 11 is 4.99. The fraction of sp³-hybridized carbons (Fsp3) is 0.200. The summed E-state index contributed by atoms with van der Waals surface area (Å²) in [5.74, 6) is 0. The van der Waals surface area contributed by atoms with E-state index in [1.165, 1.54) is 0 Å². The molecule has 2 rings (SSSR count). The molecule has 0 bridgehead atoms. The molecule has 5 heteroatoms. The SMILES string of the molecule is CC(N)c1cnc(-c2cncc(Br)c2)s1. The second-order valence-electron chi connectivity index (χ2n) is 3.25. The molecule has 78 valence electrons. The molecular formula is C10H10BrN3S. The molecule has 0 saturated carbocycles. The van der Waals surface area contributed by atoms with Crippen molar-refractivity contribution in [3.05, 3.63) is 34.0 Å². The van der Waals surface area contributed by atoms with Gasteiger partial charge in [-0.2, -0.15) is 0 Å². The van der Waals surface area contributed by atoms with Gasteiger partial charge in [0.2, 0.25) is 0 Å². The predicted octanol–water partition coefficient (Wildman–Crippen LogP) is 2.99. The topological polar surface area (TPSA) is 51.8 Å². The number of hydrogen-bond acceptors (Lipinski definition) is 4. The summed E-state index contributed by atoms with van der Waals surface area (Å²) in [7, 11) is 0. The maximum atomic E-state index is 5.78. The van der Waals surface area contributed by atoms with E-state index in [-0.39, 0.29) is 6.04 Å². The van der Waals surface area contributed by atoms with Gasteiger partial charge in [0.25, 0.3) is 0 Å². The number of thiazole rings is 1. The minimum atomic E-state index is 0.0383. The minimum Gasteiger partial charge on any atom is -0.323 e. The number of halogens is 1. The molecule has 0 aromatic carbocycles. The van der Waals surface area contributed by atoms with Crippen molar-refractivity contribution in [2.45, 2.75) is 13.0 Å². The van der Waals surface area contributed by atoms with Gasteiger partial charge in [0.1, 0.15) is 5.01 Å². The molecule has 2 heterocycles. The second-order valence-corrected chi connectivity index (χ2v) is 5.23. The maximum absolute atomic E-state index is 5.78. The van der Waals surface area contributed by atoms with Gasteiger partial charge < -0.3 is 5.73 Å². The monoisotopic (exact) mass is 283 g/mol. The Bertz CT molecular complexity index is 467. The van der Waals surface area contributed by atoms with E-state index in [0.29, 0.717) is 0 Å². The summed E-state index contributed by atoms with van der Waals surface area (Å²) in [6.07, 6.45) is 5.38. The first-order chi connectivity index (χ1) is 7.16. The van der Waals surface area contributed by atoms with Crippen molar-refractivity contribution >= 4 is 27.3 Å². The van der Waals surface area contributed by atoms with Crippen molar-refractivity contribution in [1.29, 1.82) is 0 Å². The molecule has 0 spiro atoms. The van der Waals surface area contributed by atoms with Gasteiger partial charge in [0.05, 0.1) is 0 Å². The molecule has 3 nitrogen and oxygen atoms in total. The van der Waals surface area contributed by atoms with Crippen molar-refractivity contribution in [2.75, 3.05) is 0 Å².